The van der Waals surface area contributed by atoms with E-state index in [1.165, 1.54) is 0 Å². The lowest BCUT2D eigenvalue weighted by atomic mass is 10.1. The van der Waals surface area contributed by atoms with E-state index in [1.807, 2.05) is 13.8 Å². The second kappa shape index (κ2) is 7.85. The van der Waals surface area contributed by atoms with Crippen molar-refractivity contribution in [3.8, 4) is 5.75 Å². The zero-order valence-corrected chi connectivity index (χ0v) is 16.2. The van der Waals surface area contributed by atoms with Crippen molar-refractivity contribution in [1.82, 2.24) is 9.62 Å². The van der Waals surface area contributed by atoms with Gasteiger partial charge in [-0.25, -0.2) is 13.1 Å². The zero-order chi connectivity index (χ0) is 17.9. The van der Waals surface area contributed by atoms with Crippen LogP contribution >= 0.6 is 0 Å². The Morgan fingerprint density at radius 1 is 1.29 bits per heavy atom. The van der Waals surface area contributed by atoms with Gasteiger partial charge in [0.25, 0.3) is 0 Å². The van der Waals surface area contributed by atoms with E-state index in [1.54, 1.807) is 19.2 Å². The van der Waals surface area contributed by atoms with Gasteiger partial charge in [0, 0.05) is 19.1 Å². The highest BCUT2D eigenvalue weighted by atomic mass is 32.2. The van der Waals surface area contributed by atoms with Crippen LogP contribution in [-0.4, -0.2) is 46.1 Å². The number of hydrogen-bond acceptors (Lipinski definition) is 4. The fraction of sp³-hybridized carbons (Fsp3) is 0.667. The molecule has 0 spiro atoms. The summed E-state index contributed by atoms with van der Waals surface area (Å²) in [5, 5.41) is 0. The lowest BCUT2D eigenvalue weighted by Crippen LogP contribution is -2.41. The summed E-state index contributed by atoms with van der Waals surface area (Å²) in [6, 6.07) is 3.64. The van der Waals surface area contributed by atoms with Crippen LogP contribution in [0.1, 0.15) is 37.8 Å². The first-order valence-electron chi connectivity index (χ1n) is 8.64. The van der Waals surface area contributed by atoms with Gasteiger partial charge in [-0.3, -0.25) is 4.90 Å². The van der Waals surface area contributed by atoms with E-state index in [9.17, 15) is 8.42 Å². The van der Waals surface area contributed by atoms with E-state index in [-0.39, 0.29) is 0 Å². The maximum atomic E-state index is 12.7. The second-order valence-electron chi connectivity index (χ2n) is 7.05. The predicted octanol–water partition coefficient (Wildman–Crippen LogP) is 2.71. The monoisotopic (exact) mass is 354 g/mol. The van der Waals surface area contributed by atoms with Crippen LogP contribution in [-0.2, 0) is 10.0 Å². The Kier molecular flexibility index (Phi) is 6.28. The van der Waals surface area contributed by atoms with Crippen LogP contribution in [0.5, 0.6) is 5.75 Å². The highest BCUT2D eigenvalue weighted by Crippen LogP contribution is 2.27. The molecule has 1 atom stereocenters. The molecule has 0 aromatic heterocycles. The molecule has 1 fully saturated rings. The fourth-order valence-corrected chi connectivity index (χ4v) is 4.77. The van der Waals surface area contributed by atoms with E-state index in [4.69, 9.17) is 4.74 Å². The van der Waals surface area contributed by atoms with Crippen molar-refractivity contribution < 1.29 is 13.2 Å². The highest BCUT2D eigenvalue weighted by molar-refractivity contribution is 7.89. The van der Waals surface area contributed by atoms with Crippen molar-refractivity contribution in [2.24, 2.45) is 5.92 Å². The van der Waals surface area contributed by atoms with Gasteiger partial charge < -0.3 is 4.74 Å². The van der Waals surface area contributed by atoms with Crippen molar-refractivity contribution in [2.45, 2.75) is 51.5 Å². The summed E-state index contributed by atoms with van der Waals surface area (Å²) in [5.74, 6) is 1.30. The first kappa shape index (κ1) is 19.2. The van der Waals surface area contributed by atoms with Gasteiger partial charge in [-0.15, -0.1) is 0 Å². The number of sulfonamides is 1. The number of hydrogen-bond donors (Lipinski definition) is 1. The molecule has 1 heterocycles. The number of benzene rings is 1. The van der Waals surface area contributed by atoms with Crippen molar-refractivity contribution in [2.75, 3.05) is 26.7 Å². The Morgan fingerprint density at radius 2 is 2.00 bits per heavy atom. The minimum atomic E-state index is -3.51. The third-order valence-corrected chi connectivity index (χ3v) is 6.37. The smallest absolute Gasteiger partial charge is 0.240 e. The van der Waals surface area contributed by atoms with Gasteiger partial charge >= 0.3 is 0 Å². The molecule has 1 aromatic carbocycles. The lowest BCUT2D eigenvalue weighted by Gasteiger charge is -2.26. The molecule has 1 aliphatic heterocycles. The molecule has 6 heteroatoms. The van der Waals surface area contributed by atoms with E-state index in [0.717, 1.165) is 37.1 Å². The molecule has 1 saturated heterocycles. The van der Waals surface area contributed by atoms with Gasteiger partial charge in [-0.1, -0.05) is 13.8 Å². The number of nitrogens with zero attached hydrogens (tertiary/aromatic N) is 1. The van der Waals surface area contributed by atoms with Crippen molar-refractivity contribution in [3.05, 3.63) is 23.3 Å². The molecular formula is C18H30N2O3S. The molecule has 1 aliphatic rings. The quantitative estimate of drug-likeness (QED) is 0.818. The summed E-state index contributed by atoms with van der Waals surface area (Å²) in [5.41, 5.74) is 1.61. The Balaban J connectivity index is 2.10. The zero-order valence-electron chi connectivity index (χ0n) is 15.4. The fourth-order valence-electron chi connectivity index (χ4n) is 3.40. The van der Waals surface area contributed by atoms with E-state index < -0.39 is 10.0 Å². The summed E-state index contributed by atoms with van der Waals surface area (Å²) in [4.78, 5) is 2.74. The average molecular weight is 355 g/mol. The van der Waals surface area contributed by atoms with E-state index in [0.29, 0.717) is 29.1 Å². The van der Waals surface area contributed by atoms with Crippen LogP contribution in [0, 0.1) is 19.8 Å². The molecule has 5 nitrogen and oxygen atoms in total. The van der Waals surface area contributed by atoms with Gasteiger partial charge in [0.15, 0.2) is 0 Å². The van der Waals surface area contributed by atoms with Gasteiger partial charge in [0.2, 0.25) is 10.0 Å². The highest BCUT2D eigenvalue weighted by Gasteiger charge is 2.27. The van der Waals surface area contributed by atoms with Crippen LogP contribution in [0.4, 0.5) is 0 Å². The van der Waals surface area contributed by atoms with Crippen LogP contribution < -0.4 is 9.46 Å². The van der Waals surface area contributed by atoms with Gasteiger partial charge in [-0.05, 0) is 62.4 Å². The summed E-state index contributed by atoms with van der Waals surface area (Å²) in [7, 11) is -1.92. The van der Waals surface area contributed by atoms with Gasteiger partial charge in [0.1, 0.15) is 5.75 Å². The topological polar surface area (TPSA) is 58.6 Å². The number of methoxy groups -OCH3 is 1. The summed E-state index contributed by atoms with van der Waals surface area (Å²) in [6.07, 6.45) is 2.19. The van der Waals surface area contributed by atoms with Crippen molar-refractivity contribution in [1.29, 1.82) is 0 Å². The van der Waals surface area contributed by atoms with Crippen LogP contribution in [0.2, 0.25) is 0 Å². The summed E-state index contributed by atoms with van der Waals surface area (Å²) < 4.78 is 33.5. The summed E-state index contributed by atoms with van der Waals surface area (Å²) in [6.45, 7) is 10.7. The maximum absolute atomic E-state index is 12.7. The molecule has 0 unspecified atom stereocenters. The third-order valence-electron chi connectivity index (χ3n) is 4.80. The molecule has 24 heavy (non-hydrogen) atoms. The molecule has 0 bridgehead atoms. The summed E-state index contributed by atoms with van der Waals surface area (Å²) >= 11 is 0. The number of ether oxygens (including phenoxy) is 1. The molecule has 0 radical (unpaired) electrons. The number of likely N-dealkylation sites (tertiary alicyclic amines) is 1. The Labute approximate surface area is 146 Å². The predicted molar refractivity (Wildman–Crippen MR) is 97.1 cm³/mol. The van der Waals surface area contributed by atoms with Gasteiger partial charge in [0.05, 0.1) is 12.0 Å². The average Bonchev–Trinajstić information content (AvgIpc) is 2.94. The third kappa shape index (κ3) is 4.29. The van der Waals surface area contributed by atoms with Crippen molar-refractivity contribution >= 4 is 10.0 Å². The molecule has 1 aromatic rings. The molecule has 136 valence electrons. The minimum absolute atomic E-state index is 0.293. The molecule has 0 saturated carbocycles. The molecule has 0 aliphatic carbocycles. The SMILES string of the molecule is COc1ccc(S(=O)(=O)NC[C@@H]2CCCN2CC(C)C)c(C)c1C. The van der Waals surface area contributed by atoms with Crippen molar-refractivity contribution in [3.63, 3.8) is 0 Å². The minimum Gasteiger partial charge on any atom is -0.496 e. The Bertz CT molecular complexity index is 671. The standard InChI is InChI=1S/C18H30N2O3S/c1-13(2)12-20-10-6-7-16(20)11-19-24(21,22)18-9-8-17(23-5)14(3)15(18)4/h8-9,13,16,19H,6-7,10-12H2,1-5H3/t16-/m0/s1. The normalized spacial score (nSPS) is 19.2. The first-order chi connectivity index (χ1) is 11.3. The second-order valence-corrected chi connectivity index (χ2v) is 8.79. The lowest BCUT2D eigenvalue weighted by molar-refractivity contribution is 0.227. The Hall–Kier alpha value is -1.11. The van der Waals surface area contributed by atoms with E-state index in [2.05, 4.69) is 23.5 Å². The Morgan fingerprint density at radius 3 is 2.62 bits per heavy atom. The van der Waals surface area contributed by atoms with Crippen LogP contribution in [0.15, 0.2) is 17.0 Å². The number of rotatable bonds is 7. The molecular weight excluding hydrogens is 324 g/mol. The maximum Gasteiger partial charge on any atom is 0.240 e. The van der Waals surface area contributed by atoms with Crippen LogP contribution in [0.25, 0.3) is 0 Å². The number of nitrogens with one attached hydrogen (secondary N) is 1. The largest absolute Gasteiger partial charge is 0.496 e. The molecule has 1 N–H and O–H groups in total. The molecule has 2 rings (SSSR count). The van der Waals surface area contributed by atoms with Crippen LogP contribution in [0.3, 0.4) is 0 Å². The molecule has 0 amide bonds. The van der Waals surface area contributed by atoms with Gasteiger partial charge in [-0.2, -0.15) is 0 Å². The van der Waals surface area contributed by atoms with E-state index >= 15 is 0 Å². The first-order valence-corrected chi connectivity index (χ1v) is 10.1.